The predicted molar refractivity (Wildman–Crippen MR) is 53.9 cm³/mol. The van der Waals surface area contributed by atoms with Crippen molar-refractivity contribution in [3.63, 3.8) is 0 Å². The van der Waals surface area contributed by atoms with Gasteiger partial charge in [-0.2, -0.15) is 0 Å². The molecule has 0 bridgehead atoms. The largest absolute Gasteiger partial charge is 0.302 e. The summed E-state index contributed by atoms with van der Waals surface area (Å²) in [5, 5.41) is -0.789. The van der Waals surface area contributed by atoms with Crippen LogP contribution >= 0.6 is 11.6 Å². The molecule has 1 heterocycles. The molecule has 0 spiro atoms. The van der Waals surface area contributed by atoms with Crippen molar-refractivity contribution >= 4 is 32.5 Å². The van der Waals surface area contributed by atoms with Gasteiger partial charge >= 0.3 is 0 Å². The lowest BCUT2D eigenvalue weighted by atomic mass is 10.5. The summed E-state index contributed by atoms with van der Waals surface area (Å²) < 4.78 is 41.8. The molecule has 1 N–H and O–H groups in total. The summed E-state index contributed by atoms with van der Waals surface area (Å²) in [5.41, 5.74) is 0.0660. The SMILES string of the molecule is Cc1nc(S(C)(=O)=O)nc(Cl)c1S(=O)O. The molecule has 1 aromatic heterocycles. The third-order valence-corrected chi connectivity index (χ3v) is 3.55. The van der Waals surface area contributed by atoms with E-state index in [4.69, 9.17) is 16.2 Å². The Morgan fingerprint density at radius 3 is 2.27 bits per heavy atom. The molecule has 1 rings (SSSR count). The summed E-state index contributed by atoms with van der Waals surface area (Å²) in [7, 11) is -3.58. The molecule has 0 aliphatic heterocycles. The Bertz CT molecular complexity index is 505. The van der Waals surface area contributed by atoms with Crippen LogP contribution < -0.4 is 0 Å². The molecule has 0 saturated heterocycles. The van der Waals surface area contributed by atoms with Gasteiger partial charge in [-0.15, -0.1) is 0 Å². The highest BCUT2D eigenvalue weighted by molar-refractivity contribution is 7.90. The van der Waals surface area contributed by atoms with E-state index in [9.17, 15) is 12.6 Å². The van der Waals surface area contributed by atoms with Gasteiger partial charge in [0.25, 0.3) is 0 Å². The van der Waals surface area contributed by atoms with Crippen LogP contribution in [0, 0.1) is 6.92 Å². The second kappa shape index (κ2) is 4.12. The fourth-order valence-corrected chi connectivity index (χ4v) is 2.38. The zero-order chi connectivity index (χ0) is 11.8. The van der Waals surface area contributed by atoms with E-state index in [1.807, 2.05) is 0 Å². The van der Waals surface area contributed by atoms with Gasteiger partial charge in [0.05, 0.1) is 5.69 Å². The normalized spacial score (nSPS) is 13.9. The van der Waals surface area contributed by atoms with Crippen molar-refractivity contribution in [1.82, 2.24) is 9.97 Å². The number of halogens is 1. The maximum Gasteiger partial charge on any atom is 0.248 e. The highest BCUT2D eigenvalue weighted by atomic mass is 35.5. The molecule has 0 radical (unpaired) electrons. The molecule has 1 aromatic rings. The van der Waals surface area contributed by atoms with Gasteiger partial charge in [-0.3, -0.25) is 0 Å². The van der Waals surface area contributed by atoms with E-state index in [0.29, 0.717) is 0 Å². The van der Waals surface area contributed by atoms with Crippen LogP contribution in [0.4, 0.5) is 0 Å². The maximum absolute atomic E-state index is 11.1. The lowest BCUT2D eigenvalue weighted by molar-refractivity contribution is 0.560. The molecule has 84 valence electrons. The lowest BCUT2D eigenvalue weighted by Crippen LogP contribution is -2.08. The quantitative estimate of drug-likeness (QED) is 0.475. The van der Waals surface area contributed by atoms with Crippen molar-refractivity contribution in [2.24, 2.45) is 0 Å². The van der Waals surface area contributed by atoms with Gasteiger partial charge in [0, 0.05) is 6.26 Å². The van der Waals surface area contributed by atoms with Crippen LogP contribution in [0.2, 0.25) is 5.15 Å². The molecule has 0 amide bonds. The predicted octanol–water partition coefficient (Wildman–Crippen LogP) is 0.423. The van der Waals surface area contributed by atoms with E-state index in [1.165, 1.54) is 6.92 Å². The highest BCUT2D eigenvalue weighted by Gasteiger charge is 2.19. The topological polar surface area (TPSA) is 97.2 Å². The zero-order valence-corrected chi connectivity index (χ0v) is 10.1. The minimum Gasteiger partial charge on any atom is -0.302 e. The summed E-state index contributed by atoms with van der Waals surface area (Å²) in [5.74, 6) is 0. The van der Waals surface area contributed by atoms with Crippen LogP contribution in [0.3, 0.4) is 0 Å². The van der Waals surface area contributed by atoms with Crippen LogP contribution in [0.1, 0.15) is 5.69 Å². The monoisotopic (exact) mass is 270 g/mol. The highest BCUT2D eigenvalue weighted by Crippen LogP contribution is 2.20. The van der Waals surface area contributed by atoms with Gasteiger partial charge in [0.2, 0.25) is 15.0 Å². The number of hydrogen-bond acceptors (Lipinski definition) is 5. The summed E-state index contributed by atoms with van der Waals surface area (Å²) in [6, 6.07) is 0. The van der Waals surface area contributed by atoms with Gasteiger partial charge in [-0.25, -0.2) is 22.6 Å². The molecule has 15 heavy (non-hydrogen) atoms. The first-order chi connectivity index (χ1) is 6.73. The standard InChI is InChI=1S/C6H7ClN2O4S2/c1-3-4(14(10)11)5(7)9-6(8-3)15(2,12)13/h1-2H3,(H,10,11). The van der Waals surface area contributed by atoms with Gasteiger partial charge in [-0.05, 0) is 6.92 Å². The third-order valence-electron chi connectivity index (χ3n) is 1.48. The minimum atomic E-state index is -3.58. The smallest absolute Gasteiger partial charge is 0.248 e. The van der Waals surface area contributed by atoms with Crippen LogP contribution in [-0.2, 0) is 20.9 Å². The van der Waals surface area contributed by atoms with Crippen molar-refractivity contribution in [2.45, 2.75) is 17.0 Å². The fourth-order valence-electron chi connectivity index (χ4n) is 0.867. The number of rotatable bonds is 2. The van der Waals surface area contributed by atoms with Crippen LogP contribution in [0.15, 0.2) is 10.1 Å². The number of aromatic nitrogens is 2. The Hall–Kier alpha value is -0.570. The first kappa shape index (κ1) is 12.5. The van der Waals surface area contributed by atoms with Gasteiger partial charge < -0.3 is 4.55 Å². The Morgan fingerprint density at radius 2 is 1.93 bits per heavy atom. The second-order valence-electron chi connectivity index (χ2n) is 2.73. The number of hydrogen-bond donors (Lipinski definition) is 1. The van der Waals surface area contributed by atoms with E-state index < -0.39 is 26.1 Å². The molecule has 1 atom stereocenters. The van der Waals surface area contributed by atoms with Crippen LogP contribution in [0.5, 0.6) is 0 Å². The first-order valence-electron chi connectivity index (χ1n) is 3.58. The lowest BCUT2D eigenvalue weighted by Gasteiger charge is -2.04. The van der Waals surface area contributed by atoms with Crippen molar-refractivity contribution in [3.05, 3.63) is 10.8 Å². The molecule has 6 nitrogen and oxygen atoms in total. The molecule has 0 aliphatic rings. The number of sulfone groups is 1. The first-order valence-corrected chi connectivity index (χ1v) is 6.96. The minimum absolute atomic E-state index is 0.0660. The fraction of sp³-hybridized carbons (Fsp3) is 0.333. The second-order valence-corrected chi connectivity index (χ2v) is 5.91. The summed E-state index contributed by atoms with van der Waals surface area (Å²) in [4.78, 5) is 6.85. The Balaban J connectivity index is 3.52. The number of nitrogens with zero attached hydrogens (tertiary/aromatic N) is 2. The van der Waals surface area contributed by atoms with Crippen molar-refractivity contribution in [1.29, 1.82) is 0 Å². The summed E-state index contributed by atoms with van der Waals surface area (Å²) in [6.45, 7) is 1.38. The van der Waals surface area contributed by atoms with E-state index in [0.717, 1.165) is 6.26 Å². The molecule has 0 saturated carbocycles. The Morgan fingerprint density at radius 1 is 1.40 bits per heavy atom. The summed E-state index contributed by atoms with van der Waals surface area (Å²) in [6.07, 6.45) is 0.924. The Labute approximate surface area is 93.9 Å². The molecule has 1 unspecified atom stereocenters. The van der Waals surface area contributed by atoms with E-state index in [2.05, 4.69) is 9.97 Å². The molecule has 0 fully saturated rings. The maximum atomic E-state index is 11.1. The zero-order valence-electron chi connectivity index (χ0n) is 7.76. The van der Waals surface area contributed by atoms with Crippen LogP contribution in [-0.4, -0.2) is 33.4 Å². The van der Waals surface area contributed by atoms with Crippen molar-refractivity contribution in [2.75, 3.05) is 6.26 Å². The Kier molecular flexibility index (Phi) is 3.44. The van der Waals surface area contributed by atoms with Gasteiger partial charge in [0.1, 0.15) is 4.90 Å². The van der Waals surface area contributed by atoms with Crippen molar-refractivity contribution < 1.29 is 17.2 Å². The van der Waals surface area contributed by atoms with Gasteiger partial charge in [0.15, 0.2) is 16.2 Å². The summed E-state index contributed by atoms with van der Waals surface area (Å²) >= 11 is 3.23. The van der Waals surface area contributed by atoms with Crippen molar-refractivity contribution in [3.8, 4) is 0 Å². The molecule has 0 aliphatic carbocycles. The third kappa shape index (κ3) is 2.71. The molecule has 0 aromatic carbocycles. The molecular weight excluding hydrogens is 264 g/mol. The molecule has 9 heteroatoms. The van der Waals surface area contributed by atoms with E-state index in [-0.39, 0.29) is 15.7 Å². The average Bonchev–Trinajstić information content (AvgIpc) is 1.99. The average molecular weight is 271 g/mol. The van der Waals surface area contributed by atoms with Crippen LogP contribution in [0.25, 0.3) is 0 Å². The molecular formula is C6H7ClN2O4S2. The van der Waals surface area contributed by atoms with E-state index >= 15 is 0 Å². The van der Waals surface area contributed by atoms with E-state index in [1.54, 1.807) is 0 Å². The number of aryl methyl sites for hydroxylation is 1. The van der Waals surface area contributed by atoms with Gasteiger partial charge in [-0.1, -0.05) is 11.6 Å².